The molecule has 2 nitrogen and oxygen atoms in total. The number of nitrogens with zero attached hydrogens (tertiary/aromatic N) is 1. The Bertz CT molecular complexity index is 502. The number of aryl methyl sites for hydroxylation is 1. The zero-order chi connectivity index (χ0) is 14.0. The number of hydrogen-bond acceptors (Lipinski definition) is 2. The molecule has 1 aromatic rings. The Morgan fingerprint density at radius 2 is 2.16 bits per heavy atom. The van der Waals surface area contributed by atoms with Crippen LogP contribution in [0.3, 0.4) is 0 Å². The van der Waals surface area contributed by atoms with E-state index < -0.39 is 11.5 Å². The van der Waals surface area contributed by atoms with Gasteiger partial charge < -0.3 is 5.11 Å². The monoisotopic (exact) mass is 257 g/mol. The minimum atomic E-state index is -0.667. The van der Waals surface area contributed by atoms with E-state index in [4.69, 9.17) is 0 Å². The molecule has 0 radical (unpaired) electrons. The molecular weight excluding hydrogens is 234 g/mol. The fourth-order valence-electron chi connectivity index (χ4n) is 3.37. The van der Waals surface area contributed by atoms with Crippen molar-refractivity contribution in [3.63, 3.8) is 0 Å². The predicted octanol–water partition coefficient (Wildman–Crippen LogP) is 4.06. The quantitative estimate of drug-likeness (QED) is 0.868. The largest absolute Gasteiger partial charge is 0.387 e. The highest BCUT2D eigenvalue weighted by atomic mass is 16.3. The van der Waals surface area contributed by atoms with Gasteiger partial charge in [0.1, 0.15) is 0 Å². The van der Waals surface area contributed by atoms with Crippen molar-refractivity contribution in [2.24, 2.45) is 11.3 Å². The molecule has 3 unspecified atom stereocenters. The van der Waals surface area contributed by atoms with E-state index in [0.717, 1.165) is 30.4 Å². The Balaban J connectivity index is 2.38. The summed E-state index contributed by atoms with van der Waals surface area (Å²) in [4.78, 5) is 0. The highest BCUT2D eigenvalue weighted by Crippen LogP contribution is 2.48. The molecule has 3 atom stereocenters. The molecule has 0 amide bonds. The molecule has 0 spiro atoms. The molecular formula is C17H23NO. The molecule has 2 rings (SSSR count). The van der Waals surface area contributed by atoms with Crippen molar-refractivity contribution < 1.29 is 5.11 Å². The van der Waals surface area contributed by atoms with Gasteiger partial charge in [0.05, 0.1) is 17.6 Å². The molecule has 0 aliphatic heterocycles. The Morgan fingerprint density at radius 3 is 2.79 bits per heavy atom. The van der Waals surface area contributed by atoms with Crippen molar-refractivity contribution in [2.45, 2.75) is 52.6 Å². The van der Waals surface area contributed by atoms with Crippen molar-refractivity contribution in [3.8, 4) is 6.07 Å². The van der Waals surface area contributed by atoms with Crippen molar-refractivity contribution in [3.05, 3.63) is 34.9 Å². The smallest absolute Gasteiger partial charge is 0.0979 e. The topological polar surface area (TPSA) is 44.0 Å². The number of hydrogen-bond donors (Lipinski definition) is 1. The first-order chi connectivity index (χ1) is 9.00. The molecule has 0 bridgehead atoms. The molecule has 1 aliphatic carbocycles. The van der Waals surface area contributed by atoms with E-state index in [1.807, 2.05) is 32.0 Å². The maximum Gasteiger partial charge on any atom is 0.0979 e. The summed E-state index contributed by atoms with van der Waals surface area (Å²) in [5.74, 6) is 0.521. The summed E-state index contributed by atoms with van der Waals surface area (Å²) in [6.45, 7) is 6.26. The van der Waals surface area contributed by atoms with Crippen molar-refractivity contribution in [1.82, 2.24) is 0 Å². The van der Waals surface area contributed by atoms with Crippen LogP contribution in [0.1, 0.15) is 55.4 Å². The average Bonchev–Trinajstić information content (AvgIpc) is 2.41. The van der Waals surface area contributed by atoms with Gasteiger partial charge in [-0.3, -0.25) is 0 Å². The van der Waals surface area contributed by atoms with Gasteiger partial charge in [-0.05, 0) is 49.3 Å². The second-order valence-corrected chi connectivity index (χ2v) is 6.16. The molecule has 0 heterocycles. The van der Waals surface area contributed by atoms with Gasteiger partial charge in [-0.2, -0.15) is 5.26 Å². The fourth-order valence-corrected chi connectivity index (χ4v) is 3.37. The summed E-state index contributed by atoms with van der Waals surface area (Å²) in [5, 5.41) is 20.4. The van der Waals surface area contributed by atoms with Crippen LogP contribution in [0.5, 0.6) is 0 Å². The molecule has 1 N–H and O–H groups in total. The summed E-state index contributed by atoms with van der Waals surface area (Å²) in [6, 6.07) is 8.43. The zero-order valence-electron chi connectivity index (χ0n) is 12.1. The van der Waals surface area contributed by atoms with E-state index in [1.54, 1.807) is 0 Å². The van der Waals surface area contributed by atoms with E-state index >= 15 is 0 Å². The lowest BCUT2D eigenvalue weighted by Gasteiger charge is -2.38. The molecule has 1 fully saturated rings. The predicted molar refractivity (Wildman–Crippen MR) is 76.6 cm³/mol. The van der Waals surface area contributed by atoms with Crippen LogP contribution in [0.4, 0.5) is 0 Å². The molecule has 1 saturated carbocycles. The zero-order valence-corrected chi connectivity index (χ0v) is 12.1. The number of aliphatic hydroxyl groups excluding tert-OH is 1. The van der Waals surface area contributed by atoms with Crippen LogP contribution in [-0.4, -0.2) is 5.11 Å². The fraction of sp³-hybridized carbons (Fsp3) is 0.588. The van der Waals surface area contributed by atoms with Gasteiger partial charge in [-0.25, -0.2) is 0 Å². The Hall–Kier alpha value is -1.33. The van der Waals surface area contributed by atoms with Crippen LogP contribution in [0.2, 0.25) is 0 Å². The average molecular weight is 257 g/mol. The first kappa shape index (κ1) is 14.1. The number of benzene rings is 1. The second kappa shape index (κ2) is 5.35. The van der Waals surface area contributed by atoms with Gasteiger partial charge >= 0.3 is 0 Å². The molecule has 0 aromatic heterocycles. The second-order valence-electron chi connectivity index (χ2n) is 6.16. The summed E-state index contributed by atoms with van der Waals surface area (Å²) >= 11 is 0. The highest BCUT2D eigenvalue weighted by Gasteiger charge is 2.42. The maximum atomic E-state index is 10.8. The molecule has 1 aromatic carbocycles. The third kappa shape index (κ3) is 2.53. The van der Waals surface area contributed by atoms with E-state index in [0.29, 0.717) is 5.92 Å². The lowest BCUT2D eigenvalue weighted by Crippen LogP contribution is -2.33. The summed E-state index contributed by atoms with van der Waals surface area (Å²) in [5.41, 5.74) is 2.61. The molecule has 102 valence electrons. The summed E-state index contributed by atoms with van der Waals surface area (Å²) in [6.07, 6.45) is 3.15. The third-order valence-electron chi connectivity index (χ3n) is 4.72. The number of nitriles is 1. The van der Waals surface area contributed by atoms with E-state index in [-0.39, 0.29) is 0 Å². The van der Waals surface area contributed by atoms with Crippen LogP contribution in [0, 0.1) is 36.5 Å². The van der Waals surface area contributed by atoms with Crippen LogP contribution in [-0.2, 0) is 0 Å². The minimum Gasteiger partial charge on any atom is -0.387 e. The van der Waals surface area contributed by atoms with Crippen LogP contribution >= 0.6 is 0 Å². The van der Waals surface area contributed by atoms with Crippen LogP contribution in [0.25, 0.3) is 0 Å². The summed E-state index contributed by atoms with van der Waals surface area (Å²) in [7, 11) is 0. The lowest BCUT2D eigenvalue weighted by atomic mass is 9.66. The van der Waals surface area contributed by atoms with E-state index in [2.05, 4.69) is 13.0 Å². The lowest BCUT2D eigenvalue weighted by molar-refractivity contribution is 0.0215. The van der Waals surface area contributed by atoms with Crippen molar-refractivity contribution in [1.29, 1.82) is 5.26 Å². The minimum absolute atomic E-state index is 0.521. The van der Waals surface area contributed by atoms with Crippen molar-refractivity contribution >= 4 is 0 Å². The standard InChI is InChI=1S/C17H23NO/c1-12-6-5-9-17(10-12,11-18)16(19)15-8-4-7-13(2)14(15)3/h4,7-8,12,16,19H,5-6,9-10H2,1-3H3. The van der Waals surface area contributed by atoms with Gasteiger partial charge in [-0.15, -0.1) is 0 Å². The van der Waals surface area contributed by atoms with Gasteiger partial charge in [0, 0.05) is 0 Å². The Morgan fingerprint density at radius 1 is 1.42 bits per heavy atom. The first-order valence-electron chi connectivity index (χ1n) is 7.15. The van der Waals surface area contributed by atoms with Crippen LogP contribution in [0.15, 0.2) is 18.2 Å². The summed E-state index contributed by atoms with van der Waals surface area (Å²) < 4.78 is 0. The van der Waals surface area contributed by atoms with Crippen molar-refractivity contribution in [2.75, 3.05) is 0 Å². The Kier molecular flexibility index (Phi) is 3.96. The maximum absolute atomic E-state index is 10.8. The van der Waals surface area contributed by atoms with Crippen LogP contribution < -0.4 is 0 Å². The van der Waals surface area contributed by atoms with Gasteiger partial charge in [-0.1, -0.05) is 38.0 Å². The molecule has 1 aliphatic rings. The van der Waals surface area contributed by atoms with Gasteiger partial charge in [0.2, 0.25) is 0 Å². The van der Waals surface area contributed by atoms with E-state index in [1.165, 1.54) is 12.0 Å². The van der Waals surface area contributed by atoms with Gasteiger partial charge in [0.15, 0.2) is 0 Å². The Labute approximate surface area is 116 Å². The third-order valence-corrected chi connectivity index (χ3v) is 4.72. The first-order valence-corrected chi connectivity index (χ1v) is 7.15. The van der Waals surface area contributed by atoms with Gasteiger partial charge in [0.25, 0.3) is 0 Å². The highest BCUT2D eigenvalue weighted by molar-refractivity contribution is 5.36. The number of rotatable bonds is 2. The SMILES string of the molecule is Cc1cccc(C(O)C2(C#N)CCCC(C)C2)c1C. The molecule has 0 saturated heterocycles. The van der Waals surface area contributed by atoms with E-state index in [9.17, 15) is 10.4 Å². The normalized spacial score (nSPS) is 28.7. The molecule has 19 heavy (non-hydrogen) atoms. The molecule has 2 heteroatoms. The number of aliphatic hydroxyl groups is 1.